The molecule has 1 aliphatic rings. The van der Waals surface area contributed by atoms with Gasteiger partial charge >= 0.3 is 11.7 Å². The highest BCUT2D eigenvalue weighted by molar-refractivity contribution is 5.89. The van der Waals surface area contributed by atoms with E-state index in [0.29, 0.717) is 17.8 Å². The number of morpholine rings is 1. The van der Waals surface area contributed by atoms with Crippen molar-refractivity contribution in [3.05, 3.63) is 40.2 Å². The highest BCUT2D eigenvalue weighted by atomic mass is 16.5. The molecule has 7 heteroatoms. The highest BCUT2D eigenvalue weighted by Gasteiger charge is 2.23. The van der Waals surface area contributed by atoms with Crippen molar-refractivity contribution in [2.24, 2.45) is 0 Å². The number of hydrogen-bond acceptors (Lipinski definition) is 6. The molecule has 2 atom stereocenters. The predicted octanol–water partition coefficient (Wildman–Crippen LogP) is 2.97. The standard InChI is InChI=1S/C19H24N2O5/c1-4-24-19(23)20-15-5-6-16-14(7-18(22)26-17(16)8-15)11-21-9-12(2)25-13(3)10-21/h5-8,12-13H,4,9-11H2,1-3H3,(H,20,23). The summed E-state index contributed by atoms with van der Waals surface area (Å²) in [5.74, 6) is 0. The largest absolute Gasteiger partial charge is 0.450 e. The summed E-state index contributed by atoms with van der Waals surface area (Å²) < 4.78 is 16.0. The number of amides is 1. The summed E-state index contributed by atoms with van der Waals surface area (Å²) in [6, 6.07) is 6.79. The van der Waals surface area contributed by atoms with Gasteiger partial charge < -0.3 is 13.9 Å². The number of rotatable bonds is 4. The van der Waals surface area contributed by atoms with Gasteiger partial charge in [-0.05, 0) is 38.5 Å². The van der Waals surface area contributed by atoms with Crippen LogP contribution in [0, 0.1) is 0 Å². The molecule has 0 spiro atoms. The van der Waals surface area contributed by atoms with Crippen LogP contribution >= 0.6 is 0 Å². The lowest BCUT2D eigenvalue weighted by Gasteiger charge is -2.35. The monoisotopic (exact) mass is 360 g/mol. The Labute approximate surface area is 151 Å². The summed E-state index contributed by atoms with van der Waals surface area (Å²) in [6.07, 6.45) is -0.224. The zero-order valence-electron chi connectivity index (χ0n) is 15.3. The molecule has 1 fully saturated rings. The van der Waals surface area contributed by atoms with E-state index >= 15 is 0 Å². The van der Waals surface area contributed by atoms with Crippen molar-refractivity contribution in [3.63, 3.8) is 0 Å². The summed E-state index contributed by atoms with van der Waals surface area (Å²) in [4.78, 5) is 25.8. The minimum atomic E-state index is -0.540. The van der Waals surface area contributed by atoms with Crippen LogP contribution in [0.3, 0.4) is 0 Å². The van der Waals surface area contributed by atoms with E-state index in [-0.39, 0.29) is 18.8 Å². The Hall–Kier alpha value is -2.38. The number of anilines is 1. The van der Waals surface area contributed by atoms with Crippen LogP contribution in [-0.2, 0) is 16.0 Å². The Morgan fingerprint density at radius 2 is 2.00 bits per heavy atom. The molecule has 1 saturated heterocycles. The van der Waals surface area contributed by atoms with Crippen LogP contribution in [0.2, 0.25) is 0 Å². The van der Waals surface area contributed by atoms with Crippen LogP contribution in [-0.4, -0.2) is 42.9 Å². The molecular weight excluding hydrogens is 336 g/mol. The van der Waals surface area contributed by atoms with Gasteiger partial charge in [0, 0.05) is 42.8 Å². The van der Waals surface area contributed by atoms with Crippen molar-refractivity contribution in [1.29, 1.82) is 0 Å². The molecule has 140 valence electrons. The van der Waals surface area contributed by atoms with Crippen molar-refractivity contribution in [3.8, 4) is 0 Å². The molecule has 1 aromatic carbocycles. The first kappa shape index (κ1) is 18.4. The first-order chi connectivity index (χ1) is 12.4. The number of nitrogens with one attached hydrogen (secondary N) is 1. The summed E-state index contributed by atoms with van der Waals surface area (Å²) in [6.45, 7) is 8.39. The lowest BCUT2D eigenvalue weighted by atomic mass is 10.1. The van der Waals surface area contributed by atoms with Crippen molar-refractivity contribution in [2.45, 2.75) is 39.5 Å². The van der Waals surface area contributed by atoms with Gasteiger partial charge in [0.2, 0.25) is 0 Å². The van der Waals surface area contributed by atoms with Gasteiger partial charge in [-0.15, -0.1) is 0 Å². The summed E-state index contributed by atoms with van der Waals surface area (Å²) in [5, 5.41) is 3.47. The Morgan fingerprint density at radius 1 is 1.27 bits per heavy atom. The molecule has 26 heavy (non-hydrogen) atoms. The van der Waals surface area contributed by atoms with Crippen LogP contribution in [0.1, 0.15) is 26.3 Å². The predicted molar refractivity (Wildman–Crippen MR) is 98.4 cm³/mol. The van der Waals surface area contributed by atoms with E-state index in [1.807, 2.05) is 19.9 Å². The number of carbonyl (C=O) groups excluding carboxylic acids is 1. The SMILES string of the molecule is CCOC(=O)Nc1ccc2c(CN3CC(C)OC(C)C3)cc(=O)oc2c1. The zero-order valence-corrected chi connectivity index (χ0v) is 15.3. The van der Waals surface area contributed by atoms with Crippen molar-refractivity contribution >= 4 is 22.7 Å². The molecule has 0 saturated carbocycles. The molecular formula is C19H24N2O5. The Kier molecular flexibility index (Phi) is 5.58. The van der Waals surface area contributed by atoms with Gasteiger partial charge in [0.25, 0.3) is 0 Å². The van der Waals surface area contributed by atoms with Gasteiger partial charge in [0.05, 0.1) is 18.8 Å². The third-order valence-electron chi connectivity index (χ3n) is 4.24. The molecule has 0 radical (unpaired) electrons. The minimum absolute atomic E-state index is 0.158. The van der Waals surface area contributed by atoms with Gasteiger partial charge in [0.15, 0.2) is 0 Å². The average Bonchev–Trinajstić information content (AvgIpc) is 2.53. The Bertz CT molecular complexity index is 837. The Morgan fingerprint density at radius 3 is 2.69 bits per heavy atom. The van der Waals surface area contributed by atoms with Gasteiger partial charge in [-0.3, -0.25) is 10.2 Å². The third kappa shape index (κ3) is 4.42. The number of benzene rings is 1. The van der Waals surface area contributed by atoms with Crippen LogP contribution in [0.4, 0.5) is 10.5 Å². The summed E-state index contributed by atoms with van der Waals surface area (Å²) >= 11 is 0. The van der Waals surface area contributed by atoms with E-state index in [9.17, 15) is 9.59 Å². The van der Waals surface area contributed by atoms with Crippen LogP contribution in [0.15, 0.2) is 33.5 Å². The fourth-order valence-corrected chi connectivity index (χ4v) is 3.38. The first-order valence-electron chi connectivity index (χ1n) is 8.83. The summed E-state index contributed by atoms with van der Waals surface area (Å²) in [5.41, 5.74) is 1.45. The van der Waals surface area contributed by atoms with Gasteiger partial charge in [-0.2, -0.15) is 0 Å². The molecule has 2 unspecified atom stereocenters. The number of ether oxygens (including phenoxy) is 2. The van der Waals surface area contributed by atoms with Gasteiger partial charge in [0.1, 0.15) is 5.58 Å². The number of carbonyl (C=O) groups is 1. The van der Waals surface area contributed by atoms with E-state index < -0.39 is 11.7 Å². The topological polar surface area (TPSA) is 81.0 Å². The van der Waals surface area contributed by atoms with Crippen LogP contribution < -0.4 is 10.9 Å². The minimum Gasteiger partial charge on any atom is -0.450 e. The molecule has 1 aromatic heterocycles. The third-order valence-corrected chi connectivity index (χ3v) is 4.24. The van der Waals surface area contributed by atoms with E-state index in [0.717, 1.165) is 24.0 Å². The highest BCUT2D eigenvalue weighted by Crippen LogP contribution is 2.23. The van der Waals surface area contributed by atoms with Crippen molar-refractivity contribution in [1.82, 2.24) is 4.90 Å². The zero-order chi connectivity index (χ0) is 18.7. The maximum atomic E-state index is 12.0. The first-order valence-corrected chi connectivity index (χ1v) is 8.83. The maximum absolute atomic E-state index is 12.0. The maximum Gasteiger partial charge on any atom is 0.411 e. The molecule has 1 aliphatic heterocycles. The second kappa shape index (κ2) is 7.88. The summed E-state index contributed by atoms with van der Waals surface area (Å²) in [7, 11) is 0. The van der Waals surface area contributed by atoms with Crippen molar-refractivity contribution in [2.75, 3.05) is 25.0 Å². The van der Waals surface area contributed by atoms with E-state index in [1.165, 1.54) is 6.07 Å². The molecule has 2 heterocycles. The Balaban J connectivity index is 1.86. The van der Waals surface area contributed by atoms with Crippen LogP contribution in [0.5, 0.6) is 0 Å². The van der Waals surface area contributed by atoms with E-state index in [4.69, 9.17) is 13.9 Å². The quantitative estimate of drug-likeness (QED) is 0.844. The smallest absolute Gasteiger partial charge is 0.411 e. The number of nitrogens with zero attached hydrogens (tertiary/aromatic N) is 1. The molecule has 0 aliphatic carbocycles. The number of fused-ring (bicyclic) bond motifs is 1. The normalized spacial score (nSPS) is 20.9. The number of hydrogen-bond donors (Lipinski definition) is 1. The molecule has 3 rings (SSSR count). The molecule has 0 bridgehead atoms. The van der Waals surface area contributed by atoms with Crippen molar-refractivity contribution < 1.29 is 18.7 Å². The second-order valence-electron chi connectivity index (χ2n) is 6.60. The molecule has 1 N–H and O–H groups in total. The second-order valence-corrected chi connectivity index (χ2v) is 6.60. The lowest BCUT2D eigenvalue weighted by Crippen LogP contribution is -2.44. The average molecular weight is 360 g/mol. The molecule has 1 amide bonds. The van der Waals surface area contributed by atoms with Gasteiger partial charge in [-0.1, -0.05) is 0 Å². The molecule has 2 aromatic rings. The fraction of sp³-hybridized carbons (Fsp3) is 0.474. The lowest BCUT2D eigenvalue weighted by molar-refractivity contribution is -0.0704. The molecule has 7 nitrogen and oxygen atoms in total. The van der Waals surface area contributed by atoms with E-state index in [2.05, 4.69) is 10.2 Å². The van der Waals surface area contributed by atoms with Gasteiger partial charge in [-0.25, -0.2) is 9.59 Å². The van der Waals surface area contributed by atoms with Crippen LogP contribution in [0.25, 0.3) is 11.0 Å². The van der Waals surface area contributed by atoms with E-state index in [1.54, 1.807) is 19.1 Å². The fourth-order valence-electron chi connectivity index (χ4n) is 3.38.